The van der Waals surface area contributed by atoms with Gasteiger partial charge in [0.15, 0.2) is 0 Å². The number of para-hydroxylation sites is 1. The number of hydrogen-bond acceptors (Lipinski definition) is 2. The first kappa shape index (κ1) is 31.1. The summed E-state index contributed by atoms with van der Waals surface area (Å²) in [6.07, 6.45) is 0.785. The lowest BCUT2D eigenvalue weighted by Gasteiger charge is -2.23. The quantitative estimate of drug-likeness (QED) is 0.103. The highest BCUT2D eigenvalue weighted by atomic mass is 31.1. The van der Waals surface area contributed by atoms with Gasteiger partial charge in [-0.1, -0.05) is 115 Å². The second-order valence-electron chi connectivity index (χ2n) is 11.9. The molecule has 0 saturated carbocycles. The van der Waals surface area contributed by atoms with Crippen molar-refractivity contribution >= 4 is 57.7 Å². The number of nitrogens with zero attached hydrogens (tertiary/aromatic N) is 2. The highest BCUT2D eigenvalue weighted by Crippen LogP contribution is 2.40. The molecule has 0 unspecified atom stereocenters. The molecule has 0 aliphatic heterocycles. The van der Waals surface area contributed by atoms with Gasteiger partial charge in [-0.15, -0.1) is 0 Å². The lowest BCUT2D eigenvalue weighted by Crippen LogP contribution is -2.20. The van der Waals surface area contributed by atoms with Gasteiger partial charge in [0, 0.05) is 25.4 Å². The molecule has 6 aromatic rings. The molecule has 0 amide bonds. The molecule has 46 heavy (non-hydrogen) atoms. The van der Waals surface area contributed by atoms with Crippen LogP contribution in [0.5, 0.6) is 0 Å². The van der Waals surface area contributed by atoms with Gasteiger partial charge in [-0.3, -0.25) is 4.99 Å². The van der Waals surface area contributed by atoms with Gasteiger partial charge in [0.05, 0.1) is 16.8 Å². The van der Waals surface area contributed by atoms with Gasteiger partial charge < -0.3 is 5.32 Å². The number of anilines is 1. The molecule has 0 atom stereocenters. The lowest BCUT2D eigenvalue weighted by molar-refractivity contribution is 1.21. The Morgan fingerprint density at radius 3 is 1.76 bits per heavy atom. The van der Waals surface area contributed by atoms with Crippen molar-refractivity contribution in [3.05, 3.63) is 161 Å². The number of amidine groups is 1. The minimum atomic E-state index is -0.871. The van der Waals surface area contributed by atoms with Gasteiger partial charge in [-0.25, -0.2) is 4.99 Å². The van der Waals surface area contributed by atoms with Crippen molar-refractivity contribution in [2.45, 2.75) is 41.0 Å². The van der Waals surface area contributed by atoms with Crippen LogP contribution in [0.1, 0.15) is 34.7 Å². The summed E-state index contributed by atoms with van der Waals surface area (Å²) in [4.78, 5) is 10.5. The van der Waals surface area contributed by atoms with Crippen LogP contribution in [0.25, 0.3) is 10.8 Å². The van der Waals surface area contributed by atoms with Gasteiger partial charge in [0.2, 0.25) is 0 Å². The van der Waals surface area contributed by atoms with Crippen molar-refractivity contribution in [3.63, 3.8) is 0 Å². The zero-order chi connectivity index (χ0) is 32.0. The zero-order valence-electron chi connectivity index (χ0n) is 27.3. The number of hydrogen-bond donors (Lipinski definition) is 1. The predicted octanol–water partition coefficient (Wildman–Crippen LogP) is 10.6. The smallest absolute Gasteiger partial charge is 0.103 e. The van der Waals surface area contributed by atoms with Crippen LogP contribution in [0, 0.1) is 27.7 Å². The van der Waals surface area contributed by atoms with Gasteiger partial charge in [-0.2, -0.15) is 0 Å². The van der Waals surface area contributed by atoms with E-state index in [4.69, 9.17) is 9.98 Å². The van der Waals surface area contributed by atoms with E-state index >= 15 is 0 Å². The average Bonchev–Trinajstić information content (AvgIpc) is 3.06. The normalized spacial score (nSPS) is 12.1. The molecule has 0 spiro atoms. The van der Waals surface area contributed by atoms with E-state index in [0.29, 0.717) is 0 Å². The Balaban J connectivity index is 1.47. The van der Waals surface area contributed by atoms with Crippen LogP contribution in [0.2, 0.25) is 0 Å². The Labute approximate surface area is 274 Å². The topological polar surface area (TPSA) is 36.8 Å². The monoisotopic (exact) mass is 617 g/mol. The number of benzene rings is 6. The number of aryl methyl sites for hydroxylation is 4. The second-order valence-corrected chi connectivity index (χ2v) is 14.1. The standard InChI is InChI=1S/C42H40N3P/c1-29-15-12-16-30(2)38(29)28-41(46(36-20-8-6-9-21-36)37-22-10-7-11-23-37)45-35-26-25-34-19-14-24-40(39(34)27-35)43-33(5)44-42-31(3)17-13-18-32(42)4/h6-27H,28H2,1-5H3,(H,43,44). The summed E-state index contributed by atoms with van der Waals surface area (Å²) in [5.74, 6) is 0.853. The van der Waals surface area contributed by atoms with Gasteiger partial charge in [0.1, 0.15) is 5.84 Å². The van der Waals surface area contributed by atoms with Crippen molar-refractivity contribution in [1.82, 2.24) is 0 Å². The molecular weight excluding hydrogens is 577 g/mol. The molecule has 1 N–H and O–H groups in total. The average molecular weight is 618 g/mol. The van der Waals surface area contributed by atoms with Crippen molar-refractivity contribution in [2.75, 3.05) is 5.32 Å². The number of rotatable bonds is 8. The molecule has 0 bridgehead atoms. The number of fused-ring (bicyclic) bond motifs is 1. The van der Waals surface area contributed by atoms with Crippen LogP contribution in [-0.4, -0.2) is 11.3 Å². The maximum absolute atomic E-state index is 5.54. The third-order valence-corrected chi connectivity index (χ3v) is 10.8. The third kappa shape index (κ3) is 7.01. The Hall–Kier alpha value is -4.85. The van der Waals surface area contributed by atoms with Crippen LogP contribution in [0.4, 0.5) is 17.1 Å². The fraction of sp³-hybridized carbons (Fsp3) is 0.143. The summed E-state index contributed by atoms with van der Waals surface area (Å²) in [6, 6.07) is 47.5. The maximum Gasteiger partial charge on any atom is 0.103 e. The molecule has 0 saturated heterocycles. The molecule has 3 nitrogen and oxygen atoms in total. The second kappa shape index (κ2) is 14.1. The van der Waals surface area contributed by atoms with Crippen LogP contribution in [-0.2, 0) is 6.42 Å². The maximum atomic E-state index is 5.54. The first-order chi connectivity index (χ1) is 22.4. The van der Waals surface area contributed by atoms with Crippen molar-refractivity contribution in [1.29, 1.82) is 0 Å². The number of nitrogens with one attached hydrogen (secondary N) is 1. The predicted molar refractivity (Wildman–Crippen MR) is 202 cm³/mol. The Morgan fingerprint density at radius 1 is 0.587 bits per heavy atom. The largest absolute Gasteiger partial charge is 0.343 e. The van der Waals surface area contributed by atoms with E-state index in [9.17, 15) is 0 Å². The first-order valence-corrected chi connectivity index (χ1v) is 17.2. The molecule has 228 valence electrons. The fourth-order valence-electron chi connectivity index (χ4n) is 6.02. The highest BCUT2D eigenvalue weighted by molar-refractivity contribution is 7.88. The third-order valence-electron chi connectivity index (χ3n) is 8.42. The zero-order valence-corrected chi connectivity index (χ0v) is 28.1. The Kier molecular flexibility index (Phi) is 9.52. The highest BCUT2D eigenvalue weighted by Gasteiger charge is 2.22. The summed E-state index contributed by atoms with van der Waals surface area (Å²) in [5.41, 5.74) is 10.5. The van der Waals surface area contributed by atoms with Crippen molar-refractivity contribution in [2.24, 2.45) is 9.98 Å². The summed E-state index contributed by atoms with van der Waals surface area (Å²) in [7, 11) is -0.871. The fourth-order valence-corrected chi connectivity index (χ4v) is 8.38. The van der Waals surface area contributed by atoms with E-state index in [1.54, 1.807) is 0 Å². The molecule has 0 aromatic heterocycles. The van der Waals surface area contributed by atoms with Gasteiger partial charge >= 0.3 is 0 Å². The molecule has 0 radical (unpaired) electrons. The lowest BCUT2D eigenvalue weighted by atomic mass is 10.0. The van der Waals surface area contributed by atoms with E-state index in [0.717, 1.165) is 40.1 Å². The van der Waals surface area contributed by atoms with Gasteiger partial charge in [-0.05, 0) is 96.6 Å². The summed E-state index contributed by atoms with van der Waals surface area (Å²) in [5, 5.41) is 8.49. The van der Waals surface area contributed by atoms with E-state index in [1.807, 2.05) is 6.92 Å². The minimum Gasteiger partial charge on any atom is -0.343 e. The van der Waals surface area contributed by atoms with Crippen LogP contribution in [0.3, 0.4) is 0 Å². The summed E-state index contributed by atoms with van der Waals surface area (Å²) < 4.78 is 0. The molecular formula is C42H40N3P. The molecule has 0 fully saturated rings. The van der Waals surface area contributed by atoms with Crippen molar-refractivity contribution in [3.8, 4) is 0 Å². The van der Waals surface area contributed by atoms with Crippen LogP contribution in [0.15, 0.2) is 143 Å². The SMILES string of the molecule is CC(=Nc1c(C)cccc1C)Nc1cccc2ccc(N=C(Cc3c(C)cccc3C)P(c3ccccc3)c3ccccc3)cc12. The van der Waals surface area contributed by atoms with E-state index < -0.39 is 7.92 Å². The van der Waals surface area contributed by atoms with Crippen molar-refractivity contribution < 1.29 is 0 Å². The first-order valence-electron chi connectivity index (χ1n) is 15.8. The number of aliphatic imine (C=N–C) groups is 2. The minimum absolute atomic E-state index is 0.785. The molecule has 6 rings (SSSR count). The van der Waals surface area contributed by atoms with Crippen LogP contribution >= 0.6 is 7.92 Å². The summed E-state index contributed by atoms with van der Waals surface area (Å²) >= 11 is 0. The van der Waals surface area contributed by atoms with Gasteiger partial charge in [0.25, 0.3) is 0 Å². The molecule has 0 aliphatic rings. The Morgan fingerprint density at radius 2 is 1.15 bits per heavy atom. The Bertz CT molecular complexity index is 1970. The van der Waals surface area contributed by atoms with E-state index in [2.05, 4.69) is 166 Å². The van der Waals surface area contributed by atoms with Crippen LogP contribution < -0.4 is 15.9 Å². The molecule has 0 heterocycles. The van der Waals surface area contributed by atoms with E-state index in [-0.39, 0.29) is 0 Å². The molecule has 0 aliphatic carbocycles. The van der Waals surface area contributed by atoms with E-state index in [1.165, 1.54) is 43.9 Å². The molecule has 6 aromatic carbocycles. The molecule has 4 heteroatoms. The summed E-state index contributed by atoms with van der Waals surface area (Å²) in [6.45, 7) is 10.7.